The first kappa shape index (κ1) is 19.8. The molecule has 4 rings (SSSR count). The van der Waals surface area contributed by atoms with Crippen LogP contribution in [0.25, 0.3) is 16.7 Å². The lowest BCUT2D eigenvalue weighted by molar-refractivity contribution is 0.0322. The predicted molar refractivity (Wildman–Crippen MR) is 113 cm³/mol. The van der Waals surface area contributed by atoms with Crippen LogP contribution in [0.2, 0.25) is 0 Å². The minimum atomic E-state index is 0.642. The van der Waals surface area contributed by atoms with E-state index in [-0.39, 0.29) is 0 Å². The van der Waals surface area contributed by atoms with Crippen LogP contribution in [0.4, 0.5) is 5.82 Å². The maximum atomic E-state index is 6.00. The second-order valence-electron chi connectivity index (χ2n) is 7.24. The molecule has 3 aromatic rings. The van der Waals surface area contributed by atoms with Crippen LogP contribution < -0.4 is 15.8 Å². The molecule has 9 nitrogen and oxygen atoms in total. The molecule has 1 saturated heterocycles. The van der Waals surface area contributed by atoms with Crippen molar-refractivity contribution in [2.24, 2.45) is 5.73 Å². The average Bonchev–Trinajstić information content (AvgIpc) is 3.14. The van der Waals surface area contributed by atoms with Crippen LogP contribution in [0.5, 0.6) is 5.75 Å². The lowest BCUT2D eigenvalue weighted by atomic mass is 10.2. The second kappa shape index (κ2) is 9.34. The summed E-state index contributed by atoms with van der Waals surface area (Å²) in [6, 6.07) is 5.99. The van der Waals surface area contributed by atoms with E-state index in [4.69, 9.17) is 20.2 Å². The van der Waals surface area contributed by atoms with Gasteiger partial charge in [0.15, 0.2) is 5.82 Å². The van der Waals surface area contributed by atoms with E-state index in [0.29, 0.717) is 13.2 Å². The largest absolute Gasteiger partial charge is 0.492 e. The molecule has 0 amide bonds. The van der Waals surface area contributed by atoms with Crippen LogP contribution in [0.1, 0.15) is 18.7 Å². The van der Waals surface area contributed by atoms with Crippen molar-refractivity contribution < 1.29 is 9.47 Å². The summed E-state index contributed by atoms with van der Waals surface area (Å²) in [5.41, 5.74) is 8.15. The van der Waals surface area contributed by atoms with E-state index in [1.807, 2.05) is 29.5 Å². The Morgan fingerprint density at radius 2 is 2.07 bits per heavy atom. The number of ether oxygens (including phenoxy) is 2. The number of aryl methyl sites for hydroxylation is 1. The van der Waals surface area contributed by atoms with Crippen molar-refractivity contribution in [1.29, 1.82) is 0 Å². The highest BCUT2D eigenvalue weighted by Gasteiger charge is 2.14. The third-order valence-electron chi connectivity index (χ3n) is 5.16. The highest BCUT2D eigenvalue weighted by atomic mass is 16.5. The van der Waals surface area contributed by atoms with Crippen molar-refractivity contribution in [3.8, 4) is 5.75 Å². The molecular weight excluding hydrogens is 370 g/mol. The van der Waals surface area contributed by atoms with E-state index < -0.39 is 0 Å². The van der Waals surface area contributed by atoms with Crippen molar-refractivity contribution in [3.63, 3.8) is 0 Å². The molecule has 29 heavy (non-hydrogen) atoms. The van der Waals surface area contributed by atoms with Crippen molar-refractivity contribution in [2.45, 2.75) is 19.8 Å². The summed E-state index contributed by atoms with van der Waals surface area (Å²) in [6.45, 7) is 8.51. The molecule has 0 aliphatic carbocycles. The van der Waals surface area contributed by atoms with Gasteiger partial charge < -0.3 is 20.5 Å². The molecule has 0 unspecified atom stereocenters. The Morgan fingerprint density at radius 3 is 2.90 bits per heavy atom. The molecule has 0 saturated carbocycles. The number of fused-ring (bicyclic) bond motifs is 3. The number of rotatable bonds is 9. The van der Waals surface area contributed by atoms with Crippen LogP contribution in [0, 0.1) is 6.92 Å². The third kappa shape index (κ3) is 4.58. The average molecular weight is 399 g/mol. The van der Waals surface area contributed by atoms with E-state index in [2.05, 4.69) is 20.4 Å². The molecular formula is C20H29N7O2. The summed E-state index contributed by atoms with van der Waals surface area (Å²) in [6.07, 6.45) is 1.96. The number of unbranched alkanes of at least 4 members (excludes halogenated alkanes) is 1. The van der Waals surface area contributed by atoms with Gasteiger partial charge in [0, 0.05) is 32.2 Å². The number of nitrogens with zero attached hydrogens (tertiary/aromatic N) is 5. The Hall–Kier alpha value is -2.49. The van der Waals surface area contributed by atoms with E-state index in [1.165, 1.54) is 0 Å². The van der Waals surface area contributed by atoms with Crippen LogP contribution in [0.15, 0.2) is 18.2 Å². The number of benzene rings is 1. The molecule has 3 heterocycles. The summed E-state index contributed by atoms with van der Waals surface area (Å²) < 4.78 is 13.4. The van der Waals surface area contributed by atoms with Crippen LogP contribution in [-0.2, 0) is 4.74 Å². The molecule has 1 fully saturated rings. The zero-order chi connectivity index (χ0) is 20.1. The topological polar surface area (TPSA) is 103 Å². The summed E-state index contributed by atoms with van der Waals surface area (Å²) in [5, 5.41) is 11.9. The number of nitrogens with two attached hydrogens (primary N) is 1. The quantitative estimate of drug-likeness (QED) is 0.521. The van der Waals surface area contributed by atoms with Crippen LogP contribution in [0.3, 0.4) is 0 Å². The molecule has 1 aliphatic heterocycles. The first-order valence-corrected chi connectivity index (χ1v) is 10.3. The minimum absolute atomic E-state index is 0.642. The summed E-state index contributed by atoms with van der Waals surface area (Å²) in [4.78, 5) is 7.16. The van der Waals surface area contributed by atoms with Crippen LogP contribution in [-0.4, -0.2) is 77.0 Å². The molecule has 2 aromatic heterocycles. The number of morpholine rings is 1. The summed E-state index contributed by atoms with van der Waals surface area (Å²) in [7, 11) is 0. The molecule has 0 bridgehead atoms. The van der Waals surface area contributed by atoms with Gasteiger partial charge in [-0.05, 0) is 38.4 Å². The van der Waals surface area contributed by atoms with Crippen molar-refractivity contribution in [2.75, 3.05) is 57.9 Å². The highest BCUT2D eigenvalue weighted by Crippen LogP contribution is 2.25. The van der Waals surface area contributed by atoms with Gasteiger partial charge in [0.25, 0.3) is 0 Å². The van der Waals surface area contributed by atoms with Gasteiger partial charge in [0.2, 0.25) is 5.65 Å². The Bertz CT molecular complexity index is 953. The van der Waals surface area contributed by atoms with Gasteiger partial charge in [0.1, 0.15) is 18.2 Å². The Labute approximate surface area is 170 Å². The second-order valence-corrected chi connectivity index (χ2v) is 7.24. The lowest BCUT2D eigenvalue weighted by Gasteiger charge is -2.26. The molecule has 1 aliphatic rings. The fraction of sp³-hybridized carbons (Fsp3) is 0.550. The van der Waals surface area contributed by atoms with E-state index in [9.17, 15) is 0 Å². The van der Waals surface area contributed by atoms with Gasteiger partial charge in [-0.15, -0.1) is 10.2 Å². The molecule has 3 N–H and O–H groups in total. The smallest absolute Gasteiger partial charge is 0.204 e. The standard InChI is InChI=1S/C20H29N7O2/c1-15-24-25-20-19(22-7-3-2-6-21)23-17-14-16(4-5-18(17)27(15)20)29-13-10-26-8-11-28-12-9-26/h4-5,14H,2-3,6-13,21H2,1H3,(H,22,23). The molecule has 0 atom stereocenters. The SMILES string of the molecule is Cc1nnc2c(NCCCCN)nc3cc(OCCN4CCOCC4)ccc3n12. The molecule has 0 radical (unpaired) electrons. The number of hydrogen-bond donors (Lipinski definition) is 2. The third-order valence-corrected chi connectivity index (χ3v) is 5.16. The van der Waals surface area contributed by atoms with Crippen molar-refractivity contribution in [1.82, 2.24) is 24.5 Å². The fourth-order valence-electron chi connectivity index (χ4n) is 3.56. The van der Waals surface area contributed by atoms with Crippen molar-refractivity contribution in [3.05, 3.63) is 24.0 Å². The maximum Gasteiger partial charge on any atom is 0.204 e. The normalized spacial score (nSPS) is 15.2. The minimum Gasteiger partial charge on any atom is -0.492 e. The monoisotopic (exact) mass is 399 g/mol. The summed E-state index contributed by atoms with van der Waals surface area (Å²) >= 11 is 0. The molecule has 156 valence electrons. The van der Waals surface area contributed by atoms with Gasteiger partial charge in [-0.3, -0.25) is 9.30 Å². The first-order valence-electron chi connectivity index (χ1n) is 10.3. The van der Waals surface area contributed by atoms with E-state index in [0.717, 1.165) is 86.3 Å². The predicted octanol–water partition coefficient (Wildman–Crippen LogP) is 1.45. The summed E-state index contributed by atoms with van der Waals surface area (Å²) in [5.74, 6) is 2.39. The number of nitrogens with one attached hydrogen (secondary N) is 1. The van der Waals surface area contributed by atoms with Crippen molar-refractivity contribution >= 4 is 22.5 Å². The number of hydrogen-bond acceptors (Lipinski definition) is 8. The van der Waals surface area contributed by atoms with Gasteiger partial charge in [0.05, 0.1) is 24.2 Å². The van der Waals surface area contributed by atoms with Gasteiger partial charge >= 0.3 is 0 Å². The first-order chi connectivity index (χ1) is 14.3. The molecule has 1 aromatic carbocycles. The number of aromatic nitrogens is 4. The lowest BCUT2D eigenvalue weighted by Crippen LogP contribution is -2.38. The van der Waals surface area contributed by atoms with Gasteiger partial charge in [-0.1, -0.05) is 0 Å². The fourth-order valence-corrected chi connectivity index (χ4v) is 3.56. The van der Waals surface area contributed by atoms with Gasteiger partial charge in [-0.2, -0.15) is 0 Å². The molecule has 9 heteroatoms. The molecule has 0 spiro atoms. The van der Waals surface area contributed by atoms with E-state index in [1.54, 1.807) is 0 Å². The number of anilines is 1. The Balaban J connectivity index is 1.52. The zero-order valence-corrected chi connectivity index (χ0v) is 16.9. The maximum absolute atomic E-state index is 6.00. The Kier molecular flexibility index (Phi) is 6.38. The Morgan fingerprint density at radius 1 is 1.21 bits per heavy atom. The highest BCUT2D eigenvalue weighted by molar-refractivity contribution is 5.84. The zero-order valence-electron chi connectivity index (χ0n) is 16.9. The van der Waals surface area contributed by atoms with Crippen LogP contribution >= 0.6 is 0 Å². The van der Waals surface area contributed by atoms with E-state index >= 15 is 0 Å². The van der Waals surface area contributed by atoms with Gasteiger partial charge in [-0.25, -0.2) is 4.98 Å².